The number of carboxylic acid groups (broad SMARTS) is 1. The van der Waals surface area contributed by atoms with Gasteiger partial charge in [-0.05, 0) is 18.2 Å². The summed E-state index contributed by atoms with van der Waals surface area (Å²) in [4.78, 5) is 21.8. The maximum Gasteiger partial charge on any atom is 0.313 e. The third kappa shape index (κ3) is 7.21. The molecule has 10 heteroatoms. The maximum absolute atomic E-state index is 11.5. The van der Waals surface area contributed by atoms with Crippen molar-refractivity contribution in [2.24, 2.45) is 0 Å². The van der Waals surface area contributed by atoms with E-state index in [2.05, 4.69) is 10.0 Å². The van der Waals surface area contributed by atoms with Crippen LogP contribution in [0.2, 0.25) is 5.02 Å². The Hall–Kier alpha value is -1.45. The summed E-state index contributed by atoms with van der Waals surface area (Å²) in [6.45, 7) is 0. The van der Waals surface area contributed by atoms with Gasteiger partial charge in [0.1, 0.15) is 0 Å². The number of carboxylic acids is 1. The molecule has 0 heterocycles. The summed E-state index contributed by atoms with van der Waals surface area (Å²) in [6, 6.07) is 4.30. The Bertz CT molecular complexity index is 648. The molecule has 7 nitrogen and oxygen atoms in total. The van der Waals surface area contributed by atoms with Crippen LogP contribution in [0, 0.1) is 0 Å². The van der Waals surface area contributed by atoms with E-state index >= 15 is 0 Å². The summed E-state index contributed by atoms with van der Waals surface area (Å²) < 4.78 is 24.4. The average molecular weight is 353 g/mol. The number of halogens is 1. The first kappa shape index (κ1) is 17.6. The molecule has 0 saturated carbocycles. The molecule has 116 valence electrons. The van der Waals surface area contributed by atoms with Gasteiger partial charge in [-0.25, -0.2) is 8.42 Å². The molecule has 0 spiro atoms. The van der Waals surface area contributed by atoms with E-state index in [1.165, 1.54) is 18.2 Å². The zero-order valence-corrected chi connectivity index (χ0v) is 13.3. The SMILES string of the molecule is CS(=O)(=O)Nc1ccc(NC(=O)CSCC(=O)O)cc1Cl. The van der Waals surface area contributed by atoms with Crippen molar-refractivity contribution in [1.82, 2.24) is 0 Å². The summed E-state index contributed by atoms with van der Waals surface area (Å²) >= 11 is 6.87. The standard InChI is InChI=1S/C11H13ClN2O5S2/c1-21(18,19)14-9-3-2-7(4-8(9)12)13-10(15)5-20-6-11(16)17/h2-4,14H,5-6H2,1H3,(H,13,15)(H,16,17). The Balaban J connectivity index is 2.63. The molecule has 1 aromatic rings. The number of carbonyl (C=O) groups excluding carboxylic acids is 1. The van der Waals surface area contributed by atoms with Crippen LogP contribution in [-0.4, -0.2) is 43.2 Å². The van der Waals surface area contributed by atoms with E-state index < -0.39 is 16.0 Å². The maximum atomic E-state index is 11.5. The average Bonchev–Trinajstić information content (AvgIpc) is 2.30. The van der Waals surface area contributed by atoms with Gasteiger partial charge in [0.25, 0.3) is 0 Å². The zero-order valence-electron chi connectivity index (χ0n) is 10.9. The van der Waals surface area contributed by atoms with Gasteiger partial charge in [-0.15, -0.1) is 11.8 Å². The van der Waals surface area contributed by atoms with Gasteiger partial charge < -0.3 is 10.4 Å². The molecule has 1 rings (SSSR count). The van der Waals surface area contributed by atoms with Crippen molar-refractivity contribution in [3.05, 3.63) is 23.2 Å². The van der Waals surface area contributed by atoms with Crippen LogP contribution in [-0.2, 0) is 19.6 Å². The number of amides is 1. The Morgan fingerprint density at radius 2 is 2.00 bits per heavy atom. The number of hydrogen-bond donors (Lipinski definition) is 3. The molecule has 0 aliphatic rings. The molecule has 0 aromatic heterocycles. The second kappa shape index (κ2) is 7.53. The van der Waals surface area contributed by atoms with Gasteiger partial charge in [0.15, 0.2) is 0 Å². The quantitative estimate of drug-likeness (QED) is 0.685. The van der Waals surface area contributed by atoms with Crippen molar-refractivity contribution >= 4 is 56.6 Å². The van der Waals surface area contributed by atoms with Crippen LogP contribution in [0.1, 0.15) is 0 Å². The third-order valence-electron chi connectivity index (χ3n) is 2.01. The van der Waals surface area contributed by atoms with Crippen LogP contribution < -0.4 is 10.0 Å². The first-order chi connectivity index (χ1) is 9.67. The van der Waals surface area contributed by atoms with Crippen molar-refractivity contribution in [2.75, 3.05) is 27.8 Å². The lowest BCUT2D eigenvalue weighted by atomic mass is 10.3. The van der Waals surface area contributed by atoms with Crippen LogP contribution in [0.5, 0.6) is 0 Å². The molecule has 0 unspecified atom stereocenters. The van der Waals surface area contributed by atoms with Gasteiger partial charge in [0.2, 0.25) is 15.9 Å². The monoisotopic (exact) mass is 352 g/mol. The van der Waals surface area contributed by atoms with Crippen molar-refractivity contribution in [3.63, 3.8) is 0 Å². The van der Waals surface area contributed by atoms with Gasteiger partial charge in [0.05, 0.1) is 28.5 Å². The summed E-state index contributed by atoms with van der Waals surface area (Å²) in [7, 11) is -3.44. The molecular formula is C11H13ClN2O5S2. The molecule has 3 N–H and O–H groups in total. The van der Waals surface area contributed by atoms with Gasteiger partial charge in [0, 0.05) is 5.69 Å². The minimum absolute atomic E-state index is 0.00669. The van der Waals surface area contributed by atoms with Crippen LogP contribution in [0.3, 0.4) is 0 Å². The topological polar surface area (TPSA) is 113 Å². The normalized spacial score (nSPS) is 11.0. The Labute approximate surface area is 131 Å². The van der Waals surface area contributed by atoms with Gasteiger partial charge in [-0.1, -0.05) is 11.6 Å². The number of carbonyl (C=O) groups is 2. The highest BCUT2D eigenvalue weighted by molar-refractivity contribution is 8.00. The predicted molar refractivity (Wildman–Crippen MR) is 83.5 cm³/mol. The number of thioether (sulfide) groups is 1. The van der Waals surface area contributed by atoms with Crippen molar-refractivity contribution in [2.45, 2.75) is 0 Å². The predicted octanol–water partition coefficient (Wildman–Crippen LogP) is 1.47. The molecule has 1 amide bonds. The lowest BCUT2D eigenvalue weighted by Gasteiger charge is -2.09. The number of anilines is 2. The zero-order chi connectivity index (χ0) is 16.0. The Morgan fingerprint density at radius 1 is 1.33 bits per heavy atom. The largest absolute Gasteiger partial charge is 0.481 e. The van der Waals surface area contributed by atoms with Crippen molar-refractivity contribution in [1.29, 1.82) is 0 Å². The van der Waals surface area contributed by atoms with E-state index in [1.54, 1.807) is 0 Å². The number of rotatable bonds is 7. The first-order valence-electron chi connectivity index (χ1n) is 5.54. The van der Waals surface area contributed by atoms with E-state index in [1.807, 2.05) is 0 Å². The number of sulfonamides is 1. The fraction of sp³-hybridized carbons (Fsp3) is 0.273. The van der Waals surface area contributed by atoms with Gasteiger partial charge >= 0.3 is 5.97 Å². The highest BCUT2D eigenvalue weighted by atomic mass is 35.5. The molecule has 0 bridgehead atoms. The lowest BCUT2D eigenvalue weighted by molar-refractivity contribution is -0.133. The molecule has 21 heavy (non-hydrogen) atoms. The molecule has 0 atom stereocenters. The number of nitrogens with one attached hydrogen (secondary N) is 2. The van der Waals surface area contributed by atoms with E-state index in [0.29, 0.717) is 5.69 Å². The first-order valence-corrected chi connectivity index (χ1v) is 8.96. The van der Waals surface area contributed by atoms with Crippen molar-refractivity contribution in [3.8, 4) is 0 Å². The van der Waals surface area contributed by atoms with Gasteiger partial charge in [-0.3, -0.25) is 14.3 Å². The van der Waals surface area contributed by atoms with Crippen LogP contribution in [0.15, 0.2) is 18.2 Å². The molecule has 1 aromatic carbocycles. The van der Waals surface area contributed by atoms with Crippen LogP contribution in [0.4, 0.5) is 11.4 Å². The second-order valence-corrected chi connectivity index (χ2v) is 7.14. The Morgan fingerprint density at radius 3 is 2.52 bits per heavy atom. The smallest absolute Gasteiger partial charge is 0.313 e. The highest BCUT2D eigenvalue weighted by Gasteiger charge is 2.09. The van der Waals surface area contributed by atoms with Gasteiger partial charge in [-0.2, -0.15) is 0 Å². The number of aliphatic carboxylic acids is 1. The molecule has 0 aliphatic carbocycles. The number of benzene rings is 1. The van der Waals surface area contributed by atoms with Crippen LogP contribution >= 0.6 is 23.4 Å². The highest BCUT2D eigenvalue weighted by Crippen LogP contribution is 2.26. The fourth-order valence-electron chi connectivity index (χ4n) is 1.30. The minimum atomic E-state index is -3.44. The van der Waals surface area contributed by atoms with E-state index in [-0.39, 0.29) is 28.1 Å². The minimum Gasteiger partial charge on any atom is -0.481 e. The summed E-state index contributed by atoms with van der Waals surface area (Å²) in [6.07, 6.45) is 0.999. The van der Waals surface area contributed by atoms with E-state index in [0.717, 1.165) is 18.0 Å². The molecule has 0 aliphatic heterocycles. The molecule has 0 fully saturated rings. The second-order valence-electron chi connectivity index (χ2n) is 4.00. The summed E-state index contributed by atoms with van der Waals surface area (Å²) in [5, 5.41) is 11.1. The molecule has 0 saturated heterocycles. The number of hydrogen-bond acceptors (Lipinski definition) is 5. The van der Waals surface area contributed by atoms with E-state index in [4.69, 9.17) is 16.7 Å². The molecule has 0 radical (unpaired) electrons. The fourth-order valence-corrected chi connectivity index (χ4v) is 2.70. The van der Waals surface area contributed by atoms with E-state index in [9.17, 15) is 18.0 Å². The molecular weight excluding hydrogens is 340 g/mol. The van der Waals surface area contributed by atoms with Crippen LogP contribution in [0.25, 0.3) is 0 Å². The Kier molecular flexibility index (Phi) is 6.31. The summed E-state index contributed by atoms with van der Waals surface area (Å²) in [5.41, 5.74) is 0.595. The third-order valence-corrected chi connectivity index (χ3v) is 3.83. The summed E-state index contributed by atoms with van der Waals surface area (Å²) in [5.74, 6) is -1.54. The van der Waals surface area contributed by atoms with Crippen molar-refractivity contribution < 1.29 is 23.1 Å². The lowest BCUT2D eigenvalue weighted by Crippen LogP contribution is -2.15.